The first kappa shape index (κ1) is 14.3. The van der Waals surface area contributed by atoms with Gasteiger partial charge in [0.25, 0.3) is 0 Å². The Morgan fingerprint density at radius 2 is 2.21 bits per heavy atom. The van der Waals surface area contributed by atoms with Crippen LogP contribution in [0.4, 0.5) is 6.01 Å². The van der Waals surface area contributed by atoms with Crippen LogP contribution in [0, 0.1) is 5.92 Å². The maximum atomic E-state index is 5.77. The van der Waals surface area contributed by atoms with Gasteiger partial charge in [-0.25, -0.2) is 0 Å². The number of hydrogen-bond acceptors (Lipinski definition) is 5. The lowest BCUT2D eigenvalue weighted by molar-refractivity contribution is 0.424. The second-order valence-electron chi connectivity index (χ2n) is 5.51. The molecule has 19 heavy (non-hydrogen) atoms. The van der Waals surface area contributed by atoms with E-state index in [1.807, 2.05) is 14.0 Å². The van der Waals surface area contributed by atoms with Gasteiger partial charge < -0.3 is 14.6 Å². The van der Waals surface area contributed by atoms with Crippen molar-refractivity contribution in [2.45, 2.75) is 52.0 Å². The molecule has 0 spiro atoms. The summed E-state index contributed by atoms with van der Waals surface area (Å²) in [6.45, 7) is 6.37. The molecule has 5 heteroatoms. The normalized spacial score (nSPS) is 22.3. The minimum Gasteiger partial charge on any atom is -0.406 e. The van der Waals surface area contributed by atoms with Gasteiger partial charge in [-0.15, -0.1) is 5.10 Å². The third kappa shape index (κ3) is 3.69. The highest BCUT2D eigenvalue weighted by Crippen LogP contribution is 2.25. The second kappa shape index (κ2) is 6.89. The number of anilines is 1. The Morgan fingerprint density at radius 1 is 1.37 bits per heavy atom. The molecule has 1 saturated heterocycles. The van der Waals surface area contributed by atoms with Gasteiger partial charge in [0, 0.05) is 13.1 Å². The second-order valence-corrected chi connectivity index (χ2v) is 5.51. The lowest BCUT2D eigenvalue weighted by Crippen LogP contribution is -2.24. The van der Waals surface area contributed by atoms with Crippen LogP contribution in [0.5, 0.6) is 0 Å². The lowest BCUT2D eigenvalue weighted by atomic mass is 9.96. The fraction of sp³-hybridized carbons (Fsp3) is 0.857. The summed E-state index contributed by atoms with van der Waals surface area (Å²) in [7, 11) is 1.90. The first-order valence-corrected chi connectivity index (χ1v) is 7.50. The first-order chi connectivity index (χ1) is 9.24. The minimum absolute atomic E-state index is 0.112. The molecule has 0 amide bonds. The molecule has 0 aromatic carbocycles. The van der Waals surface area contributed by atoms with Gasteiger partial charge in [0.2, 0.25) is 5.89 Å². The number of rotatable bonds is 5. The average molecular weight is 266 g/mol. The third-order valence-corrected chi connectivity index (χ3v) is 4.05. The monoisotopic (exact) mass is 266 g/mol. The Balaban J connectivity index is 1.96. The van der Waals surface area contributed by atoms with Crippen molar-refractivity contribution in [1.82, 2.24) is 15.5 Å². The maximum Gasteiger partial charge on any atom is 0.318 e. The van der Waals surface area contributed by atoms with E-state index in [1.54, 1.807) is 0 Å². The molecule has 1 aliphatic rings. The molecule has 2 rings (SSSR count). The van der Waals surface area contributed by atoms with Gasteiger partial charge in [-0.3, -0.25) is 0 Å². The highest BCUT2D eigenvalue weighted by Gasteiger charge is 2.21. The van der Waals surface area contributed by atoms with E-state index in [0.717, 1.165) is 19.0 Å². The van der Waals surface area contributed by atoms with Crippen LogP contribution in [0.25, 0.3) is 0 Å². The number of hydrogen-bond donors (Lipinski definition) is 1. The summed E-state index contributed by atoms with van der Waals surface area (Å²) in [5, 5.41) is 11.4. The molecule has 1 aromatic heterocycles. The maximum absolute atomic E-state index is 5.77. The standard InChI is InChI=1S/C14H26N4O/c1-4-6-12-7-5-9-18(10-8-12)14-17-16-13(19-14)11(2)15-3/h11-12,15H,4-10H2,1-3H3. The molecule has 0 bridgehead atoms. The zero-order valence-corrected chi connectivity index (χ0v) is 12.4. The van der Waals surface area contributed by atoms with Crippen molar-refractivity contribution in [3.8, 4) is 0 Å². The van der Waals surface area contributed by atoms with Gasteiger partial charge in [0.15, 0.2) is 0 Å². The summed E-state index contributed by atoms with van der Waals surface area (Å²) >= 11 is 0. The van der Waals surface area contributed by atoms with Gasteiger partial charge >= 0.3 is 6.01 Å². The fourth-order valence-corrected chi connectivity index (χ4v) is 2.71. The topological polar surface area (TPSA) is 54.2 Å². The highest BCUT2D eigenvalue weighted by molar-refractivity contribution is 5.24. The molecule has 0 aliphatic carbocycles. The van der Waals surface area contributed by atoms with Crippen LogP contribution in [0.3, 0.4) is 0 Å². The van der Waals surface area contributed by atoms with Crippen LogP contribution in [-0.2, 0) is 0 Å². The summed E-state index contributed by atoms with van der Waals surface area (Å²) in [5.74, 6) is 1.54. The molecule has 0 saturated carbocycles. The lowest BCUT2D eigenvalue weighted by Gasteiger charge is -2.17. The van der Waals surface area contributed by atoms with Gasteiger partial charge in [0.1, 0.15) is 0 Å². The van der Waals surface area contributed by atoms with Gasteiger partial charge in [-0.2, -0.15) is 0 Å². The minimum atomic E-state index is 0.112. The molecule has 1 fully saturated rings. The zero-order chi connectivity index (χ0) is 13.7. The molecule has 2 heterocycles. The quantitative estimate of drug-likeness (QED) is 0.888. The molecule has 1 aliphatic heterocycles. The van der Waals surface area contributed by atoms with Crippen LogP contribution < -0.4 is 10.2 Å². The molecular formula is C14H26N4O. The molecule has 108 valence electrons. The molecular weight excluding hydrogens is 240 g/mol. The zero-order valence-electron chi connectivity index (χ0n) is 12.4. The van der Waals surface area contributed by atoms with Crippen LogP contribution >= 0.6 is 0 Å². The summed E-state index contributed by atoms with van der Waals surface area (Å²) in [6, 6.07) is 0.801. The first-order valence-electron chi connectivity index (χ1n) is 7.50. The van der Waals surface area contributed by atoms with E-state index in [9.17, 15) is 0 Å². The van der Waals surface area contributed by atoms with Crippen molar-refractivity contribution in [3.63, 3.8) is 0 Å². The van der Waals surface area contributed by atoms with E-state index in [1.165, 1.54) is 32.1 Å². The Labute approximate surface area is 115 Å². The van der Waals surface area contributed by atoms with Crippen LogP contribution in [-0.4, -0.2) is 30.3 Å². The summed E-state index contributed by atoms with van der Waals surface area (Å²) in [5.41, 5.74) is 0. The van der Waals surface area contributed by atoms with Gasteiger partial charge in [0.05, 0.1) is 6.04 Å². The van der Waals surface area contributed by atoms with Crippen molar-refractivity contribution in [2.75, 3.05) is 25.0 Å². The largest absolute Gasteiger partial charge is 0.406 e. The van der Waals surface area contributed by atoms with Crippen molar-refractivity contribution in [3.05, 3.63) is 5.89 Å². The van der Waals surface area contributed by atoms with Crippen molar-refractivity contribution < 1.29 is 4.42 Å². The van der Waals surface area contributed by atoms with Crippen molar-refractivity contribution >= 4 is 6.01 Å². The molecule has 1 aromatic rings. The number of nitrogens with zero attached hydrogens (tertiary/aromatic N) is 3. The Hall–Kier alpha value is -1.10. The van der Waals surface area contributed by atoms with Crippen LogP contribution in [0.15, 0.2) is 4.42 Å². The molecule has 1 N–H and O–H groups in total. The van der Waals surface area contributed by atoms with Crippen LogP contribution in [0.2, 0.25) is 0 Å². The number of nitrogens with one attached hydrogen (secondary N) is 1. The van der Waals surface area contributed by atoms with E-state index in [2.05, 4.69) is 27.3 Å². The fourth-order valence-electron chi connectivity index (χ4n) is 2.71. The van der Waals surface area contributed by atoms with Crippen molar-refractivity contribution in [2.24, 2.45) is 5.92 Å². The van der Waals surface area contributed by atoms with Crippen molar-refractivity contribution in [1.29, 1.82) is 0 Å². The van der Waals surface area contributed by atoms with Gasteiger partial charge in [-0.05, 0) is 39.2 Å². The van der Waals surface area contributed by atoms with E-state index in [0.29, 0.717) is 11.9 Å². The van der Waals surface area contributed by atoms with Crippen LogP contribution in [0.1, 0.15) is 57.9 Å². The summed E-state index contributed by atoms with van der Waals surface area (Å²) in [6.07, 6.45) is 6.43. The predicted molar refractivity (Wildman–Crippen MR) is 76.2 cm³/mol. The van der Waals surface area contributed by atoms with Gasteiger partial charge in [-0.1, -0.05) is 24.9 Å². The predicted octanol–water partition coefficient (Wildman–Crippen LogP) is 2.76. The Kier molecular flexibility index (Phi) is 5.19. The van der Waals surface area contributed by atoms with E-state index < -0.39 is 0 Å². The molecule has 2 atom stereocenters. The summed E-state index contributed by atoms with van der Waals surface area (Å²) in [4.78, 5) is 2.24. The SMILES string of the molecule is CCCC1CCCN(c2nnc(C(C)NC)o2)CC1. The Bertz CT molecular complexity index is 379. The molecule has 2 unspecified atom stereocenters. The Morgan fingerprint density at radius 3 is 2.95 bits per heavy atom. The molecule has 0 radical (unpaired) electrons. The van der Waals surface area contributed by atoms with E-state index >= 15 is 0 Å². The highest BCUT2D eigenvalue weighted by atomic mass is 16.4. The average Bonchev–Trinajstić information content (AvgIpc) is 2.80. The number of aromatic nitrogens is 2. The van der Waals surface area contributed by atoms with E-state index in [-0.39, 0.29) is 6.04 Å². The summed E-state index contributed by atoms with van der Waals surface area (Å²) < 4.78 is 5.77. The third-order valence-electron chi connectivity index (χ3n) is 4.05. The van der Waals surface area contributed by atoms with E-state index in [4.69, 9.17) is 4.42 Å². The smallest absolute Gasteiger partial charge is 0.318 e. The molecule has 5 nitrogen and oxygen atoms in total.